The van der Waals surface area contributed by atoms with E-state index in [0.29, 0.717) is 29.9 Å². The number of nitriles is 2. The van der Waals surface area contributed by atoms with E-state index in [-0.39, 0.29) is 12.0 Å². The molecule has 9 heteroatoms. The number of hydrogen-bond donors (Lipinski definition) is 1. The first kappa shape index (κ1) is 20.2. The zero-order chi connectivity index (χ0) is 22.8. The van der Waals surface area contributed by atoms with Crippen molar-refractivity contribution >= 4 is 22.4 Å². The van der Waals surface area contributed by atoms with Gasteiger partial charge in [0.25, 0.3) is 0 Å². The van der Waals surface area contributed by atoms with E-state index in [0.717, 1.165) is 35.3 Å². The molecule has 9 nitrogen and oxygen atoms in total. The van der Waals surface area contributed by atoms with Crippen molar-refractivity contribution in [1.29, 1.82) is 10.5 Å². The van der Waals surface area contributed by atoms with Crippen LogP contribution >= 0.6 is 0 Å². The maximum absolute atomic E-state index is 9.56. The monoisotopic (exact) mass is 433 g/mol. The zero-order valence-electron chi connectivity index (χ0n) is 17.7. The van der Waals surface area contributed by atoms with Gasteiger partial charge >= 0.3 is 0 Å². The minimum Gasteiger partial charge on any atom is -0.379 e. The summed E-state index contributed by atoms with van der Waals surface area (Å²) in [5.41, 5.74) is 4.09. The molecular formula is C24H19N9. The van der Waals surface area contributed by atoms with Crippen molar-refractivity contribution in [1.82, 2.24) is 24.7 Å². The maximum Gasteiger partial charge on any atom is 0.211 e. The molecule has 0 bridgehead atoms. The number of hydrogen-bond acceptors (Lipinski definition) is 6. The number of H-pyrrole nitrogens is 1. The Kier molecular flexibility index (Phi) is 5.18. The summed E-state index contributed by atoms with van der Waals surface area (Å²) in [5.74, 6) is 0.153. The predicted molar refractivity (Wildman–Crippen MR) is 122 cm³/mol. The number of rotatable bonds is 5. The van der Waals surface area contributed by atoms with Crippen LogP contribution in [0.15, 0.2) is 49.2 Å². The molecular weight excluding hydrogens is 414 g/mol. The number of fused-ring (bicyclic) bond motifs is 1. The Hall–Kier alpha value is -4.68. The number of anilines is 1. The molecule has 3 aromatic heterocycles. The molecule has 0 saturated carbocycles. The topological polar surface area (TPSA) is 115 Å². The molecule has 33 heavy (non-hydrogen) atoms. The minimum atomic E-state index is -0.122. The van der Waals surface area contributed by atoms with E-state index in [1.807, 2.05) is 23.1 Å². The molecule has 1 aliphatic heterocycles. The fraction of sp³-hybridized carbons (Fsp3) is 0.250. The van der Waals surface area contributed by atoms with Crippen LogP contribution in [0.25, 0.3) is 27.1 Å². The summed E-state index contributed by atoms with van der Waals surface area (Å²) < 4.78 is 1.86. The number of para-hydroxylation sites is 1. The van der Waals surface area contributed by atoms with E-state index in [9.17, 15) is 10.5 Å². The Balaban J connectivity index is 1.44. The summed E-state index contributed by atoms with van der Waals surface area (Å²) in [4.78, 5) is 17.5. The lowest BCUT2D eigenvalue weighted by Gasteiger charge is -2.24. The molecule has 5 rings (SSSR count). The van der Waals surface area contributed by atoms with Gasteiger partial charge in [0, 0.05) is 42.4 Å². The molecule has 160 valence electrons. The van der Waals surface area contributed by atoms with E-state index in [4.69, 9.17) is 6.57 Å². The highest BCUT2D eigenvalue weighted by Gasteiger charge is 2.33. The van der Waals surface area contributed by atoms with Crippen LogP contribution in [0.5, 0.6) is 0 Å². The van der Waals surface area contributed by atoms with Gasteiger partial charge < -0.3 is 9.88 Å². The summed E-state index contributed by atoms with van der Waals surface area (Å²) in [5, 5.41) is 24.6. The predicted octanol–water partition coefficient (Wildman–Crippen LogP) is 4.23. The smallest absolute Gasteiger partial charge is 0.211 e. The Morgan fingerprint density at radius 3 is 3.00 bits per heavy atom. The van der Waals surface area contributed by atoms with Gasteiger partial charge in [-0.3, -0.25) is 4.68 Å². The lowest BCUT2D eigenvalue weighted by Crippen LogP contribution is -2.25. The van der Waals surface area contributed by atoms with Gasteiger partial charge in [0.2, 0.25) is 5.69 Å². The van der Waals surface area contributed by atoms with Crippen molar-refractivity contribution < 1.29 is 0 Å². The first-order chi connectivity index (χ1) is 16.2. The zero-order valence-corrected chi connectivity index (χ0v) is 17.7. The van der Waals surface area contributed by atoms with Crippen molar-refractivity contribution in [3.63, 3.8) is 0 Å². The van der Waals surface area contributed by atoms with E-state index in [2.05, 4.69) is 41.9 Å². The Labute approximate surface area is 190 Å². The van der Waals surface area contributed by atoms with Crippen LogP contribution in [-0.2, 0) is 0 Å². The number of aromatic amines is 1. The Morgan fingerprint density at radius 1 is 1.27 bits per heavy atom. The number of nitrogens with one attached hydrogen (secondary N) is 1. The SMILES string of the molecule is [C-]#[N+]c1cccc(C#N)c1N1CC[C@H]([C@H](CC#N)n2cc(-c3ncnc4[nH]ccc34)cn2)C1. The van der Waals surface area contributed by atoms with E-state index < -0.39 is 0 Å². The normalized spacial score (nSPS) is 16.3. The van der Waals surface area contributed by atoms with Gasteiger partial charge in [0.1, 0.15) is 12.0 Å². The molecule has 1 aromatic carbocycles. The van der Waals surface area contributed by atoms with Gasteiger partial charge in [-0.1, -0.05) is 12.1 Å². The molecule has 0 amide bonds. The average molecular weight is 433 g/mol. The standard InChI is InChI=1S/C24H19N9/c1-27-20-4-2-3-16(11-26)23(20)32-10-7-17(13-32)21(5-8-25)33-14-18(12-31-33)22-19-6-9-28-24(19)30-15-29-22/h2-4,6,9,12,14-15,17,21H,5,7,10,13H2,(H,28,29,30)/t17-,21-/m0/s1. The van der Waals surface area contributed by atoms with Crippen LogP contribution in [-0.4, -0.2) is 37.8 Å². The summed E-state index contributed by atoms with van der Waals surface area (Å²) in [6, 6.07) is 11.6. The van der Waals surface area contributed by atoms with Crippen LogP contribution in [0.3, 0.4) is 0 Å². The van der Waals surface area contributed by atoms with Crippen LogP contribution in [0, 0.1) is 35.2 Å². The van der Waals surface area contributed by atoms with Gasteiger partial charge in [-0.2, -0.15) is 15.6 Å². The summed E-state index contributed by atoms with van der Waals surface area (Å²) in [6.45, 7) is 8.88. The van der Waals surface area contributed by atoms with Crippen LogP contribution in [0.2, 0.25) is 0 Å². The Morgan fingerprint density at radius 2 is 2.18 bits per heavy atom. The molecule has 1 saturated heterocycles. The van der Waals surface area contributed by atoms with E-state index in [1.54, 1.807) is 24.4 Å². The van der Waals surface area contributed by atoms with Crippen molar-refractivity contribution in [3.8, 4) is 23.4 Å². The van der Waals surface area contributed by atoms with Gasteiger partial charge in [0.05, 0.1) is 54.3 Å². The quantitative estimate of drug-likeness (QED) is 0.471. The van der Waals surface area contributed by atoms with Crippen LogP contribution in [0.1, 0.15) is 24.4 Å². The highest BCUT2D eigenvalue weighted by atomic mass is 15.3. The van der Waals surface area contributed by atoms with Gasteiger partial charge in [0.15, 0.2) is 0 Å². The fourth-order valence-electron chi connectivity index (χ4n) is 4.66. The fourth-order valence-corrected chi connectivity index (χ4v) is 4.66. The third-order valence-corrected chi connectivity index (χ3v) is 6.21. The molecule has 1 fully saturated rings. The summed E-state index contributed by atoms with van der Waals surface area (Å²) in [6.07, 6.45) is 8.22. The Bertz CT molecular complexity index is 1410. The van der Waals surface area contributed by atoms with Gasteiger partial charge in [-0.15, -0.1) is 0 Å². The minimum absolute atomic E-state index is 0.122. The molecule has 0 spiro atoms. The molecule has 0 aliphatic carbocycles. The highest BCUT2D eigenvalue weighted by molar-refractivity contribution is 5.90. The first-order valence-corrected chi connectivity index (χ1v) is 10.6. The van der Waals surface area contributed by atoms with Crippen LogP contribution < -0.4 is 4.90 Å². The molecule has 2 atom stereocenters. The second-order valence-corrected chi connectivity index (χ2v) is 7.99. The van der Waals surface area contributed by atoms with Crippen molar-refractivity contribution in [2.75, 3.05) is 18.0 Å². The van der Waals surface area contributed by atoms with Gasteiger partial charge in [-0.25, -0.2) is 14.8 Å². The maximum atomic E-state index is 9.56. The largest absolute Gasteiger partial charge is 0.379 e. The van der Waals surface area contributed by atoms with E-state index >= 15 is 0 Å². The molecule has 0 unspecified atom stereocenters. The number of benzene rings is 1. The van der Waals surface area contributed by atoms with Crippen molar-refractivity contribution in [2.24, 2.45) is 5.92 Å². The molecule has 1 aliphatic rings. The molecule has 4 aromatic rings. The lowest BCUT2D eigenvalue weighted by molar-refractivity contribution is 0.332. The van der Waals surface area contributed by atoms with Crippen molar-refractivity contribution in [2.45, 2.75) is 18.9 Å². The second kappa shape index (κ2) is 8.45. The van der Waals surface area contributed by atoms with Crippen molar-refractivity contribution in [3.05, 3.63) is 66.2 Å². The molecule has 0 radical (unpaired) electrons. The van der Waals surface area contributed by atoms with Crippen LogP contribution in [0.4, 0.5) is 11.4 Å². The number of aromatic nitrogens is 5. The van der Waals surface area contributed by atoms with Gasteiger partial charge in [-0.05, 0) is 18.6 Å². The number of nitrogens with zero attached hydrogens (tertiary/aromatic N) is 8. The first-order valence-electron chi connectivity index (χ1n) is 10.6. The lowest BCUT2D eigenvalue weighted by atomic mass is 9.96. The third-order valence-electron chi connectivity index (χ3n) is 6.21. The highest BCUT2D eigenvalue weighted by Crippen LogP contribution is 2.39. The molecule has 1 N–H and O–H groups in total. The average Bonchev–Trinajstić information content (AvgIpc) is 3.62. The third kappa shape index (κ3) is 3.54. The van der Waals surface area contributed by atoms with E-state index in [1.165, 1.54) is 6.33 Å². The second-order valence-electron chi connectivity index (χ2n) is 7.99. The summed E-state index contributed by atoms with van der Waals surface area (Å²) >= 11 is 0. The molecule has 4 heterocycles. The summed E-state index contributed by atoms with van der Waals surface area (Å²) in [7, 11) is 0.